The summed E-state index contributed by atoms with van der Waals surface area (Å²) in [6, 6.07) is 8.55. The van der Waals surface area contributed by atoms with Gasteiger partial charge in [0.05, 0.1) is 18.8 Å². The quantitative estimate of drug-likeness (QED) is 0.518. The second-order valence-corrected chi connectivity index (χ2v) is 9.88. The molecule has 2 fully saturated rings. The summed E-state index contributed by atoms with van der Waals surface area (Å²) in [5.41, 5.74) is 1.28. The first-order chi connectivity index (χ1) is 14.0. The van der Waals surface area contributed by atoms with E-state index in [1.165, 1.54) is 29.8 Å². The molecule has 1 amide bonds. The normalized spacial score (nSPS) is 24.5. The number of hydrogen-bond acceptors (Lipinski definition) is 5. The minimum atomic E-state index is 0.156. The number of benzene rings is 1. The molecule has 0 saturated carbocycles. The number of thioether (sulfide) groups is 1. The highest BCUT2D eigenvalue weighted by Gasteiger charge is 2.27. The Labute approximate surface area is 180 Å². The number of amides is 1. The van der Waals surface area contributed by atoms with Crippen LogP contribution in [0.3, 0.4) is 0 Å². The molecule has 0 aliphatic carbocycles. The predicted molar refractivity (Wildman–Crippen MR) is 121 cm³/mol. The lowest BCUT2D eigenvalue weighted by Crippen LogP contribution is -2.49. The Hall–Kier alpha value is -1.08. The lowest BCUT2D eigenvalue weighted by molar-refractivity contribution is -0.122. The maximum Gasteiger partial charge on any atom is 0.234 e. The van der Waals surface area contributed by atoms with Gasteiger partial charge in [0.25, 0.3) is 0 Å². The van der Waals surface area contributed by atoms with Gasteiger partial charge in [0.2, 0.25) is 5.91 Å². The van der Waals surface area contributed by atoms with Crippen molar-refractivity contribution >= 4 is 17.7 Å². The van der Waals surface area contributed by atoms with Crippen LogP contribution in [-0.2, 0) is 9.53 Å². The molecule has 1 N–H and O–H groups in total. The summed E-state index contributed by atoms with van der Waals surface area (Å²) in [7, 11) is 0. The van der Waals surface area contributed by atoms with Crippen LogP contribution >= 0.6 is 11.8 Å². The lowest BCUT2D eigenvalue weighted by atomic mass is 9.95. The van der Waals surface area contributed by atoms with Crippen LogP contribution in [0.2, 0.25) is 0 Å². The van der Waals surface area contributed by atoms with E-state index in [2.05, 4.69) is 60.2 Å². The fourth-order valence-corrected chi connectivity index (χ4v) is 5.15. The molecule has 29 heavy (non-hydrogen) atoms. The van der Waals surface area contributed by atoms with Crippen molar-refractivity contribution in [2.75, 3.05) is 51.6 Å². The van der Waals surface area contributed by atoms with E-state index in [0.717, 1.165) is 44.4 Å². The standard InChI is InChI=1S/C23H37N3O2S/c1-18-4-6-22(7-5-18)29-13-10-24-23(27)17-25-11-8-21(9-12-25)16-26-14-19(2)28-20(3)15-26/h4-7,19-21H,8-17H2,1-3H3,(H,24,27). The number of ether oxygens (including phenoxy) is 1. The second-order valence-electron chi connectivity index (χ2n) is 8.71. The Kier molecular flexibility index (Phi) is 8.85. The zero-order valence-electron chi connectivity index (χ0n) is 18.2. The first-order valence-corrected chi connectivity index (χ1v) is 12.0. The largest absolute Gasteiger partial charge is 0.373 e. The molecule has 0 bridgehead atoms. The summed E-state index contributed by atoms with van der Waals surface area (Å²) < 4.78 is 5.84. The minimum absolute atomic E-state index is 0.156. The summed E-state index contributed by atoms with van der Waals surface area (Å²) in [6.45, 7) is 13.0. The molecule has 5 nitrogen and oxygen atoms in total. The van der Waals surface area contributed by atoms with E-state index in [4.69, 9.17) is 4.74 Å². The Morgan fingerprint density at radius 3 is 2.41 bits per heavy atom. The highest BCUT2D eigenvalue weighted by molar-refractivity contribution is 7.99. The van der Waals surface area contributed by atoms with Crippen LogP contribution < -0.4 is 5.32 Å². The predicted octanol–water partition coefficient (Wildman–Crippen LogP) is 3.02. The van der Waals surface area contributed by atoms with Gasteiger partial charge in [-0.1, -0.05) is 17.7 Å². The van der Waals surface area contributed by atoms with Crippen LogP contribution in [-0.4, -0.2) is 79.5 Å². The zero-order chi connectivity index (χ0) is 20.6. The van der Waals surface area contributed by atoms with E-state index >= 15 is 0 Å². The molecule has 2 aliphatic heterocycles. The van der Waals surface area contributed by atoms with Crippen LogP contribution in [0.15, 0.2) is 29.2 Å². The number of rotatable bonds is 8. The Morgan fingerprint density at radius 2 is 1.76 bits per heavy atom. The Balaban J connectivity index is 1.27. The van der Waals surface area contributed by atoms with Crippen LogP contribution in [0.4, 0.5) is 0 Å². The lowest BCUT2D eigenvalue weighted by Gasteiger charge is -2.39. The number of piperidine rings is 1. The molecular formula is C23H37N3O2S. The molecule has 0 radical (unpaired) electrons. The van der Waals surface area contributed by atoms with Gasteiger partial charge in [-0.15, -0.1) is 11.8 Å². The molecular weight excluding hydrogens is 382 g/mol. The van der Waals surface area contributed by atoms with Crippen LogP contribution in [0.1, 0.15) is 32.3 Å². The highest BCUT2D eigenvalue weighted by atomic mass is 32.2. The topological polar surface area (TPSA) is 44.8 Å². The number of hydrogen-bond donors (Lipinski definition) is 1. The zero-order valence-corrected chi connectivity index (χ0v) is 19.0. The third kappa shape index (κ3) is 7.93. The van der Waals surface area contributed by atoms with Crippen molar-refractivity contribution in [2.45, 2.75) is 50.7 Å². The third-order valence-electron chi connectivity index (χ3n) is 5.80. The van der Waals surface area contributed by atoms with Gasteiger partial charge in [-0.3, -0.25) is 14.6 Å². The average Bonchev–Trinajstić information content (AvgIpc) is 2.67. The molecule has 6 heteroatoms. The fourth-order valence-electron chi connectivity index (χ4n) is 4.38. The van der Waals surface area contributed by atoms with E-state index in [1.807, 2.05) is 0 Å². The third-order valence-corrected chi connectivity index (χ3v) is 6.81. The van der Waals surface area contributed by atoms with Gasteiger partial charge in [0, 0.05) is 36.8 Å². The van der Waals surface area contributed by atoms with Crippen LogP contribution in [0.5, 0.6) is 0 Å². The van der Waals surface area contributed by atoms with Gasteiger partial charge in [0.1, 0.15) is 0 Å². The van der Waals surface area contributed by atoms with Gasteiger partial charge < -0.3 is 10.1 Å². The molecule has 1 aromatic carbocycles. The highest BCUT2D eigenvalue weighted by Crippen LogP contribution is 2.21. The summed E-state index contributed by atoms with van der Waals surface area (Å²) in [4.78, 5) is 18.4. The summed E-state index contributed by atoms with van der Waals surface area (Å²) in [5, 5.41) is 3.07. The number of likely N-dealkylation sites (tertiary alicyclic amines) is 1. The van der Waals surface area contributed by atoms with Crippen molar-refractivity contribution in [3.05, 3.63) is 29.8 Å². The molecule has 2 atom stereocenters. The SMILES string of the molecule is Cc1ccc(SCCNC(=O)CN2CCC(CN3CC(C)OC(C)C3)CC2)cc1. The summed E-state index contributed by atoms with van der Waals surface area (Å²) in [6.07, 6.45) is 3.06. The van der Waals surface area contributed by atoms with Crippen molar-refractivity contribution in [3.63, 3.8) is 0 Å². The van der Waals surface area contributed by atoms with E-state index in [9.17, 15) is 4.79 Å². The number of carbonyl (C=O) groups is 1. The number of aryl methyl sites for hydroxylation is 1. The molecule has 2 heterocycles. The van der Waals surface area contributed by atoms with Crippen molar-refractivity contribution in [1.29, 1.82) is 0 Å². The van der Waals surface area contributed by atoms with Gasteiger partial charge in [-0.2, -0.15) is 0 Å². The van der Waals surface area contributed by atoms with Gasteiger partial charge in [0.15, 0.2) is 0 Å². The van der Waals surface area contributed by atoms with Crippen LogP contribution in [0.25, 0.3) is 0 Å². The molecule has 0 spiro atoms. The number of carbonyl (C=O) groups excluding carboxylic acids is 1. The molecule has 3 rings (SSSR count). The number of nitrogens with one attached hydrogen (secondary N) is 1. The smallest absolute Gasteiger partial charge is 0.234 e. The molecule has 2 saturated heterocycles. The summed E-state index contributed by atoms with van der Waals surface area (Å²) in [5.74, 6) is 1.81. The summed E-state index contributed by atoms with van der Waals surface area (Å²) >= 11 is 1.79. The van der Waals surface area contributed by atoms with E-state index < -0.39 is 0 Å². The number of nitrogens with zero attached hydrogens (tertiary/aromatic N) is 2. The van der Waals surface area contributed by atoms with Crippen molar-refractivity contribution in [3.8, 4) is 0 Å². The Morgan fingerprint density at radius 1 is 1.10 bits per heavy atom. The van der Waals surface area contributed by atoms with Gasteiger partial charge >= 0.3 is 0 Å². The molecule has 2 aliphatic rings. The fraction of sp³-hybridized carbons (Fsp3) is 0.696. The molecule has 0 aromatic heterocycles. The van der Waals surface area contributed by atoms with E-state index in [0.29, 0.717) is 18.8 Å². The number of morpholine rings is 1. The maximum absolute atomic E-state index is 12.3. The van der Waals surface area contributed by atoms with E-state index in [1.54, 1.807) is 11.8 Å². The minimum Gasteiger partial charge on any atom is -0.373 e. The monoisotopic (exact) mass is 419 g/mol. The second kappa shape index (κ2) is 11.3. The Bertz CT molecular complexity index is 622. The van der Waals surface area contributed by atoms with Gasteiger partial charge in [-0.25, -0.2) is 0 Å². The molecule has 1 aromatic rings. The van der Waals surface area contributed by atoms with Crippen molar-refractivity contribution in [2.24, 2.45) is 5.92 Å². The van der Waals surface area contributed by atoms with Crippen LogP contribution in [0, 0.1) is 12.8 Å². The van der Waals surface area contributed by atoms with Crippen molar-refractivity contribution in [1.82, 2.24) is 15.1 Å². The average molecular weight is 420 g/mol. The van der Waals surface area contributed by atoms with Crippen molar-refractivity contribution < 1.29 is 9.53 Å². The first kappa shape index (κ1) is 22.6. The van der Waals surface area contributed by atoms with E-state index in [-0.39, 0.29) is 5.91 Å². The molecule has 2 unspecified atom stereocenters. The molecule has 162 valence electrons. The van der Waals surface area contributed by atoms with Gasteiger partial charge in [-0.05, 0) is 64.8 Å². The maximum atomic E-state index is 12.3. The first-order valence-electron chi connectivity index (χ1n) is 11.0.